The molecular weight excluding hydrogens is 266 g/mol. The Labute approximate surface area is 126 Å². The summed E-state index contributed by atoms with van der Waals surface area (Å²) >= 11 is 0. The minimum absolute atomic E-state index is 0.131. The average Bonchev–Trinajstić information content (AvgIpc) is 3.18. The van der Waals surface area contributed by atoms with Gasteiger partial charge in [-0.25, -0.2) is 4.79 Å². The van der Waals surface area contributed by atoms with Crippen molar-refractivity contribution < 1.29 is 14.4 Å². The molecule has 4 heteroatoms. The molecule has 3 atom stereocenters. The van der Waals surface area contributed by atoms with Gasteiger partial charge in [-0.15, -0.1) is 5.06 Å². The molecule has 1 aromatic rings. The van der Waals surface area contributed by atoms with E-state index in [-0.39, 0.29) is 5.97 Å². The van der Waals surface area contributed by atoms with E-state index in [0.29, 0.717) is 6.61 Å². The van der Waals surface area contributed by atoms with Crippen molar-refractivity contribution in [3.05, 3.63) is 35.9 Å². The molecule has 1 unspecified atom stereocenters. The van der Waals surface area contributed by atoms with Gasteiger partial charge in [-0.2, -0.15) is 0 Å². The van der Waals surface area contributed by atoms with E-state index in [1.807, 2.05) is 30.2 Å². The van der Waals surface area contributed by atoms with Crippen LogP contribution in [0.2, 0.25) is 0 Å². The summed E-state index contributed by atoms with van der Waals surface area (Å²) in [7, 11) is 0. The summed E-state index contributed by atoms with van der Waals surface area (Å²) in [4.78, 5) is 18.5. The number of fused-ring (bicyclic) bond motifs is 1. The van der Waals surface area contributed by atoms with Gasteiger partial charge >= 0.3 is 5.97 Å². The predicted octanol–water partition coefficient (Wildman–Crippen LogP) is 3.37. The van der Waals surface area contributed by atoms with Gasteiger partial charge in [0, 0.05) is 12.0 Å². The normalized spacial score (nSPS) is 33.5. The van der Waals surface area contributed by atoms with Crippen LogP contribution in [0.15, 0.2) is 30.3 Å². The van der Waals surface area contributed by atoms with E-state index in [0.717, 1.165) is 37.7 Å². The van der Waals surface area contributed by atoms with Crippen molar-refractivity contribution in [3.63, 3.8) is 0 Å². The summed E-state index contributed by atoms with van der Waals surface area (Å²) in [5.74, 6) is -0.131. The summed E-state index contributed by atoms with van der Waals surface area (Å²) in [5, 5.41) is 1.91. The van der Waals surface area contributed by atoms with E-state index in [2.05, 4.69) is 19.1 Å². The molecule has 2 aliphatic rings. The van der Waals surface area contributed by atoms with Crippen LogP contribution in [0.1, 0.15) is 51.5 Å². The number of carbonyl (C=O) groups excluding carboxylic acids is 1. The van der Waals surface area contributed by atoms with Crippen molar-refractivity contribution in [2.24, 2.45) is 0 Å². The molecule has 4 nitrogen and oxygen atoms in total. The van der Waals surface area contributed by atoms with E-state index in [1.165, 1.54) is 0 Å². The van der Waals surface area contributed by atoms with Gasteiger partial charge < -0.3 is 4.74 Å². The minimum Gasteiger partial charge on any atom is -0.465 e. The Balaban J connectivity index is 1.86. The lowest BCUT2D eigenvalue weighted by Crippen LogP contribution is -2.45. The fraction of sp³-hybridized carbons (Fsp3) is 0.588. The zero-order chi connectivity index (χ0) is 14.9. The molecule has 3 rings (SSSR count). The molecule has 2 heterocycles. The van der Waals surface area contributed by atoms with Crippen molar-refractivity contribution in [2.45, 2.75) is 57.2 Å². The van der Waals surface area contributed by atoms with Gasteiger partial charge in [0.15, 0.2) is 5.72 Å². The van der Waals surface area contributed by atoms with Gasteiger partial charge in [-0.05, 0) is 19.8 Å². The summed E-state index contributed by atoms with van der Waals surface area (Å²) in [6.07, 6.45) is 4.52. The van der Waals surface area contributed by atoms with Crippen LogP contribution in [0.3, 0.4) is 0 Å². The molecule has 0 radical (unpaired) electrons. The van der Waals surface area contributed by atoms with Gasteiger partial charge in [-0.3, -0.25) is 4.84 Å². The quantitative estimate of drug-likeness (QED) is 0.595. The second-order valence-corrected chi connectivity index (χ2v) is 5.89. The van der Waals surface area contributed by atoms with Crippen LogP contribution in [0.5, 0.6) is 0 Å². The van der Waals surface area contributed by atoms with Crippen LogP contribution < -0.4 is 0 Å². The fourth-order valence-electron chi connectivity index (χ4n) is 3.45. The van der Waals surface area contributed by atoms with E-state index >= 15 is 0 Å². The molecule has 114 valence electrons. The first-order valence-electron chi connectivity index (χ1n) is 7.92. The number of ether oxygens (including phenoxy) is 1. The molecule has 0 bridgehead atoms. The number of hydrogen-bond acceptors (Lipinski definition) is 4. The van der Waals surface area contributed by atoms with Crippen LogP contribution >= 0.6 is 0 Å². The fourth-order valence-corrected chi connectivity index (χ4v) is 3.45. The molecule has 0 N–H and O–H groups in total. The number of hydroxylamine groups is 2. The molecule has 21 heavy (non-hydrogen) atoms. The van der Waals surface area contributed by atoms with Crippen molar-refractivity contribution in [3.8, 4) is 0 Å². The summed E-state index contributed by atoms with van der Waals surface area (Å²) in [6, 6.07) is 10.2. The number of benzene rings is 1. The Hall–Kier alpha value is -1.39. The molecule has 2 saturated heterocycles. The molecule has 0 spiro atoms. The predicted molar refractivity (Wildman–Crippen MR) is 79.2 cm³/mol. The van der Waals surface area contributed by atoms with E-state index in [9.17, 15) is 4.79 Å². The van der Waals surface area contributed by atoms with Crippen LogP contribution in [0.25, 0.3) is 0 Å². The summed E-state index contributed by atoms with van der Waals surface area (Å²) in [6.45, 7) is 4.41. The Kier molecular flexibility index (Phi) is 3.76. The summed E-state index contributed by atoms with van der Waals surface area (Å²) in [5.41, 5.74) is 0.136. The summed E-state index contributed by atoms with van der Waals surface area (Å²) < 4.78 is 5.34. The van der Waals surface area contributed by atoms with Crippen molar-refractivity contribution in [1.29, 1.82) is 0 Å². The second kappa shape index (κ2) is 5.43. The highest BCUT2D eigenvalue weighted by molar-refractivity contribution is 5.82. The average molecular weight is 289 g/mol. The maximum atomic E-state index is 12.5. The van der Waals surface area contributed by atoms with Crippen LogP contribution in [0, 0.1) is 0 Å². The van der Waals surface area contributed by atoms with Crippen molar-refractivity contribution >= 4 is 5.97 Å². The van der Waals surface area contributed by atoms with Gasteiger partial charge in [0.1, 0.15) is 5.54 Å². The first kappa shape index (κ1) is 14.5. The highest BCUT2D eigenvalue weighted by atomic mass is 16.9. The van der Waals surface area contributed by atoms with Crippen molar-refractivity contribution in [1.82, 2.24) is 5.06 Å². The number of nitrogens with zero attached hydrogens (tertiary/aromatic N) is 1. The van der Waals surface area contributed by atoms with Crippen molar-refractivity contribution in [2.75, 3.05) is 6.61 Å². The minimum atomic E-state index is -0.595. The third-order valence-electron chi connectivity index (χ3n) is 4.63. The molecule has 0 aliphatic carbocycles. The zero-order valence-electron chi connectivity index (χ0n) is 12.8. The standard InChI is InChI=1S/C17H23NO3/c1-3-5-11-16(15(19)20-4-2)12-13-17(18(16)21-17)14-9-7-6-8-10-14/h6-10H,3-5,11-13H2,1-2H3/t16-,17+,18?/m1/s1. The van der Waals surface area contributed by atoms with E-state index < -0.39 is 11.3 Å². The zero-order valence-corrected chi connectivity index (χ0v) is 12.8. The molecule has 2 aliphatic heterocycles. The van der Waals surface area contributed by atoms with Gasteiger partial charge in [0.25, 0.3) is 0 Å². The number of unbranched alkanes of at least 4 members (excludes halogenated alkanes) is 1. The topological polar surface area (TPSA) is 41.8 Å². The van der Waals surface area contributed by atoms with Gasteiger partial charge in [-0.1, -0.05) is 50.1 Å². The van der Waals surface area contributed by atoms with E-state index in [4.69, 9.17) is 9.57 Å². The monoisotopic (exact) mass is 289 g/mol. The molecule has 0 amide bonds. The molecule has 0 saturated carbocycles. The molecule has 0 aromatic heterocycles. The lowest BCUT2D eigenvalue weighted by molar-refractivity contribution is -0.159. The number of esters is 1. The third kappa shape index (κ3) is 2.17. The smallest absolute Gasteiger partial charge is 0.329 e. The SMILES string of the molecule is CCCC[C@]1(C(=O)OCC)CC[C@@]2(c3ccccc3)ON12. The van der Waals surface area contributed by atoms with Crippen LogP contribution in [0.4, 0.5) is 0 Å². The van der Waals surface area contributed by atoms with Crippen LogP contribution in [-0.2, 0) is 20.1 Å². The largest absolute Gasteiger partial charge is 0.465 e. The number of hydrogen-bond donors (Lipinski definition) is 0. The first-order chi connectivity index (χ1) is 10.2. The highest BCUT2D eigenvalue weighted by Crippen LogP contribution is 2.61. The Morgan fingerprint density at radius 1 is 1.29 bits per heavy atom. The maximum Gasteiger partial charge on any atom is 0.329 e. The molecule has 2 fully saturated rings. The Morgan fingerprint density at radius 3 is 2.67 bits per heavy atom. The van der Waals surface area contributed by atoms with Crippen LogP contribution in [-0.4, -0.2) is 23.2 Å². The van der Waals surface area contributed by atoms with E-state index in [1.54, 1.807) is 0 Å². The third-order valence-corrected chi connectivity index (χ3v) is 4.63. The lowest BCUT2D eigenvalue weighted by atomic mass is 9.90. The second-order valence-electron chi connectivity index (χ2n) is 5.89. The van der Waals surface area contributed by atoms with Gasteiger partial charge in [0.05, 0.1) is 6.61 Å². The first-order valence-corrected chi connectivity index (χ1v) is 7.92. The highest BCUT2D eigenvalue weighted by Gasteiger charge is 2.73. The molecule has 1 aromatic carbocycles. The number of rotatable bonds is 6. The lowest BCUT2D eigenvalue weighted by Gasteiger charge is -2.27. The number of carbonyl (C=O) groups is 1. The Bertz CT molecular complexity index is 518. The van der Waals surface area contributed by atoms with Gasteiger partial charge in [0.2, 0.25) is 0 Å². The molecular formula is C17H23NO3. The Morgan fingerprint density at radius 2 is 2.05 bits per heavy atom. The maximum absolute atomic E-state index is 12.5.